The van der Waals surface area contributed by atoms with E-state index in [0.29, 0.717) is 22.2 Å². The lowest BCUT2D eigenvalue weighted by Crippen LogP contribution is -2.35. The molecule has 0 saturated carbocycles. The first-order valence-electron chi connectivity index (χ1n) is 13.1. The number of aromatic nitrogens is 3. The highest BCUT2D eigenvalue weighted by Gasteiger charge is 2.19. The molecule has 2 heterocycles. The molecule has 0 aliphatic heterocycles. The molecule has 12 nitrogen and oxygen atoms in total. The Morgan fingerprint density at radius 1 is 1.12 bits per heavy atom. The predicted octanol–water partition coefficient (Wildman–Crippen LogP) is 3.02. The molecule has 4 rings (SSSR count). The largest absolute Gasteiger partial charge is 0.399 e. The molecule has 13 heteroatoms. The van der Waals surface area contributed by atoms with Crippen LogP contribution in [0.5, 0.6) is 0 Å². The fourth-order valence-corrected chi connectivity index (χ4v) is 4.13. The molecule has 0 fully saturated rings. The van der Waals surface area contributed by atoms with Crippen LogP contribution in [-0.2, 0) is 17.9 Å². The van der Waals surface area contributed by atoms with E-state index in [0.717, 1.165) is 6.42 Å². The lowest BCUT2D eigenvalue weighted by molar-refractivity contribution is -0.121. The number of nitrogen functional groups attached to an aromatic ring is 2. The number of benzene rings is 2. The number of nitrogens with zero attached hydrogens (tertiary/aromatic N) is 3. The summed E-state index contributed by atoms with van der Waals surface area (Å²) in [5.74, 6) is -1.37. The number of carbonyl (C=O) groups excluding carboxylic acids is 2. The summed E-state index contributed by atoms with van der Waals surface area (Å²) in [5, 5.41) is 12.4. The Hall–Kier alpha value is -4.94. The van der Waals surface area contributed by atoms with E-state index >= 15 is 0 Å². The van der Waals surface area contributed by atoms with E-state index in [4.69, 9.17) is 16.0 Å². The van der Waals surface area contributed by atoms with Crippen LogP contribution >= 0.6 is 0 Å². The van der Waals surface area contributed by atoms with Crippen LogP contribution in [0.25, 0.3) is 22.2 Å². The standard InChI is InChI=1S/C28H33FN8O4/c1-5-15(4)35-27(39)17-6-16(7-19(30)8-17)22-12-33-26(34-14(2)3)28(40)37(22)13-24(38)32-11-18-9-23-20(10-21(18)29)25(31)36-41-23/h6-10,12,14-15H,5,11,13,30H2,1-4H3,(H2,31,36)(H,32,38)(H,33,34)(H,35,39)/t15-/m0/s1. The van der Waals surface area contributed by atoms with Crippen molar-refractivity contribution >= 4 is 40.1 Å². The minimum atomic E-state index is -0.596. The summed E-state index contributed by atoms with van der Waals surface area (Å²) in [5.41, 5.74) is 13.0. The van der Waals surface area contributed by atoms with Gasteiger partial charge in [-0.1, -0.05) is 12.1 Å². The van der Waals surface area contributed by atoms with Gasteiger partial charge in [0, 0.05) is 41.0 Å². The second-order valence-electron chi connectivity index (χ2n) is 10.1. The lowest BCUT2D eigenvalue weighted by Gasteiger charge is -2.17. The minimum absolute atomic E-state index is 0.0506. The number of hydrogen-bond acceptors (Lipinski definition) is 9. The maximum absolute atomic E-state index is 14.6. The number of nitrogens with one attached hydrogen (secondary N) is 3. The van der Waals surface area contributed by atoms with Crippen LogP contribution in [0, 0.1) is 5.82 Å². The second-order valence-corrected chi connectivity index (χ2v) is 10.1. The van der Waals surface area contributed by atoms with E-state index in [1.807, 2.05) is 27.7 Å². The van der Waals surface area contributed by atoms with Crippen LogP contribution in [0.1, 0.15) is 50.0 Å². The summed E-state index contributed by atoms with van der Waals surface area (Å²) in [4.78, 5) is 43.6. The van der Waals surface area contributed by atoms with E-state index in [1.165, 1.54) is 29.0 Å². The molecule has 0 radical (unpaired) electrons. The average molecular weight is 565 g/mol. The van der Waals surface area contributed by atoms with Gasteiger partial charge in [-0.05, 0) is 57.5 Å². The van der Waals surface area contributed by atoms with Gasteiger partial charge in [0.25, 0.3) is 11.5 Å². The Bertz CT molecular complexity index is 1660. The molecule has 0 aliphatic rings. The Balaban J connectivity index is 1.65. The van der Waals surface area contributed by atoms with Crippen LogP contribution in [0.4, 0.5) is 21.7 Å². The molecule has 0 spiro atoms. The number of amides is 2. The first-order chi connectivity index (χ1) is 19.5. The van der Waals surface area contributed by atoms with Gasteiger partial charge in [0.05, 0.1) is 17.3 Å². The van der Waals surface area contributed by atoms with Crippen LogP contribution in [-0.4, -0.2) is 38.6 Å². The van der Waals surface area contributed by atoms with Gasteiger partial charge in [-0.2, -0.15) is 0 Å². The van der Waals surface area contributed by atoms with Gasteiger partial charge in [-0.15, -0.1) is 0 Å². The van der Waals surface area contributed by atoms with E-state index in [9.17, 15) is 18.8 Å². The van der Waals surface area contributed by atoms with Gasteiger partial charge in [0.15, 0.2) is 17.2 Å². The number of carbonyl (C=O) groups is 2. The summed E-state index contributed by atoms with van der Waals surface area (Å²) in [7, 11) is 0. The van der Waals surface area contributed by atoms with Gasteiger partial charge in [0.2, 0.25) is 5.91 Å². The first-order valence-corrected chi connectivity index (χ1v) is 13.1. The van der Waals surface area contributed by atoms with Crippen molar-refractivity contribution in [3.63, 3.8) is 0 Å². The molecule has 2 aromatic carbocycles. The highest BCUT2D eigenvalue weighted by atomic mass is 19.1. The Morgan fingerprint density at radius 3 is 2.59 bits per heavy atom. The molecule has 2 aromatic heterocycles. The predicted molar refractivity (Wildman–Crippen MR) is 155 cm³/mol. The number of halogens is 1. The number of rotatable bonds is 10. The third-order valence-corrected chi connectivity index (χ3v) is 6.43. The maximum atomic E-state index is 14.6. The number of hydrogen-bond donors (Lipinski definition) is 5. The summed E-state index contributed by atoms with van der Waals surface area (Å²) < 4.78 is 20.9. The summed E-state index contributed by atoms with van der Waals surface area (Å²) in [6, 6.07) is 7.15. The van der Waals surface area contributed by atoms with Crippen molar-refractivity contribution in [2.75, 3.05) is 16.8 Å². The van der Waals surface area contributed by atoms with E-state index in [2.05, 4.69) is 26.1 Å². The summed E-state index contributed by atoms with van der Waals surface area (Å²) >= 11 is 0. The van der Waals surface area contributed by atoms with Gasteiger partial charge < -0.3 is 31.9 Å². The molecule has 0 bridgehead atoms. The molecule has 0 unspecified atom stereocenters. The highest BCUT2D eigenvalue weighted by Crippen LogP contribution is 2.25. The van der Waals surface area contributed by atoms with Crippen molar-refractivity contribution < 1.29 is 18.5 Å². The van der Waals surface area contributed by atoms with E-state index in [-0.39, 0.29) is 53.0 Å². The summed E-state index contributed by atoms with van der Waals surface area (Å²) in [6.45, 7) is 6.95. The van der Waals surface area contributed by atoms with E-state index < -0.39 is 23.8 Å². The third-order valence-electron chi connectivity index (χ3n) is 6.43. The van der Waals surface area contributed by atoms with Crippen molar-refractivity contribution in [1.82, 2.24) is 25.3 Å². The van der Waals surface area contributed by atoms with Gasteiger partial charge in [0.1, 0.15) is 12.4 Å². The highest BCUT2D eigenvalue weighted by molar-refractivity contribution is 5.96. The molecule has 0 aliphatic carbocycles. The van der Waals surface area contributed by atoms with Gasteiger partial charge in [-0.25, -0.2) is 9.37 Å². The van der Waals surface area contributed by atoms with Crippen molar-refractivity contribution in [3.8, 4) is 11.3 Å². The zero-order valence-corrected chi connectivity index (χ0v) is 23.2. The average Bonchev–Trinajstić information content (AvgIpc) is 3.27. The van der Waals surface area contributed by atoms with Crippen molar-refractivity contribution in [2.24, 2.45) is 0 Å². The normalized spacial score (nSPS) is 12.0. The Labute approximate surface area is 235 Å². The third kappa shape index (κ3) is 6.62. The molecule has 41 heavy (non-hydrogen) atoms. The fraction of sp³-hybridized carbons (Fsp3) is 0.321. The molecule has 1 atom stereocenters. The number of fused-ring (bicyclic) bond motifs is 1. The van der Waals surface area contributed by atoms with Crippen molar-refractivity contribution in [3.05, 3.63) is 63.8 Å². The topological polar surface area (TPSA) is 183 Å². The van der Waals surface area contributed by atoms with Crippen LogP contribution in [0.2, 0.25) is 0 Å². The molecule has 4 aromatic rings. The van der Waals surface area contributed by atoms with Crippen LogP contribution in [0.15, 0.2) is 45.8 Å². The van der Waals surface area contributed by atoms with Gasteiger partial charge >= 0.3 is 0 Å². The number of nitrogens with two attached hydrogens (primary N) is 2. The Morgan fingerprint density at radius 2 is 1.88 bits per heavy atom. The van der Waals surface area contributed by atoms with Crippen molar-refractivity contribution in [1.29, 1.82) is 0 Å². The molecular weight excluding hydrogens is 531 g/mol. The second kappa shape index (κ2) is 12.1. The SMILES string of the molecule is CC[C@H](C)NC(=O)c1cc(N)cc(-c2cnc(NC(C)C)c(=O)n2CC(=O)NCc2cc3onc(N)c3cc2F)c1. The fourth-order valence-electron chi connectivity index (χ4n) is 4.13. The minimum Gasteiger partial charge on any atom is -0.399 e. The Kier molecular flexibility index (Phi) is 8.55. The van der Waals surface area contributed by atoms with Gasteiger partial charge in [-0.3, -0.25) is 19.0 Å². The van der Waals surface area contributed by atoms with Crippen LogP contribution in [0.3, 0.4) is 0 Å². The molecule has 7 N–H and O–H groups in total. The molecule has 2 amide bonds. The quantitative estimate of drug-likeness (QED) is 0.181. The number of anilines is 3. The zero-order chi connectivity index (χ0) is 29.8. The first kappa shape index (κ1) is 29.1. The van der Waals surface area contributed by atoms with Crippen molar-refractivity contribution in [2.45, 2.75) is 59.3 Å². The zero-order valence-electron chi connectivity index (χ0n) is 23.2. The maximum Gasteiger partial charge on any atom is 0.294 e. The smallest absolute Gasteiger partial charge is 0.294 e. The van der Waals surface area contributed by atoms with Crippen LogP contribution < -0.4 is 33.0 Å². The molecular formula is C28H33FN8O4. The van der Waals surface area contributed by atoms with E-state index in [1.54, 1.807) is 12.1 Å². The summed E-state index contributed by atoms with van der Waals surface area (Å²) in [6.07, 6.45) is 2.18. The lowest BCUT2D eigenvalue weighted by atomic mass is 10.1. The molecule has 0 saturated heterocycles. The molecule has 216 valence electrons. The monoisotopic (exact) mass is 564 g/mol.